The van der Waals surface area contributed by atoms with E-state index in [1.807, 2.05) is 11.8 Å². The van der Waals surface area contributed by atoms with Crippen LogP contribution in [0.15, 0.2) is 48.5 Å². The van der Waals surface area contributed by atoms with E-state index in [4.69, 9.17) is 0 Å². The van der Waals surface area contributed by atoms with Crippen molar-refractivity contribution in [2.75, 3.05) is 31.5 Å². The number of nitrogens with one attached hydrogen (secondary N) is 1. The van der Waals surface area contributed by atoms with Gasteiger partial charge in [-0.25, -0.2) is 4.39 Å². The minimum atomic E-state index is -0.525. The van der Waals surface area contributed by atoms with Crippen LogP contribution in [-0.4, -0.2) is 59.6 Å². The molecule has 0 spiro atoms. The van der Waals surface area contributed by atoms with Gasteiger partial charge in [0, 0.05) is 37.4 Å². The van der Waals surface area contributed by atoms with Crippen molar-refractivity contribution in [2.24, 2.45) is 0 Å². The quantitative estimate of drug-likeness (QED) is 0.788. The maximum atomic E-state index is 13.9. The summed E-state index contributed by atoms with van der Waals surface area (Å²) in [5, 5.41) is 2.85. The summed E-state index contributed by atoms with van der Waals surface area (Å²) in [7, 11) is 0. The van der Waals surface area contributed by atoms with Crippen LogP contribution in [0.5, 0.6) is 0 Å². The number of halogens is 1. The largest absolute Gasteiger partial charge is 0.336 e. The first kappa shape index (κ1) is 20.7. The summed E-state index contributed by atoms with van der Waals surface area (Å²) in [6.07, 6.45) is 0. The van der Waals surface area contributed by atoms with Crippen LogP contribution in [0.3, 0.4) is 0 Å². The fraction of sp³-hybridized carbons (Fsp3) is 0.318. The van der Waals surface area contributed by atoms with Crippen LogP contribution in [0.2, 0.25) is 0 Å². The molecule has 3 rings (SSSR count). The fourth-order valence-corrected chi connectivity index (χ4v) is 3.32. The van der Waals surface area contributed by atoms with Crippen molar-refractivity contribution in [2.45, 2.75) is 19.9 Å². The van der Waals surface area contributed by atoms with Gasteiger partial charge in [0.2, 0.25) is 5.91 Å². The zero-order valence-electron chi connectivity index (χ0n) is 16.5. The number of carbonyl (C=O) groups is 3. The second kappa shape index (κ2) is 8.96. The van der Waals surface area contributed by atoms with E-state index in [1.54, 1.807) is 41.3 Å². The third-order valence-corrected chi connectivity index (χ3v) is 5.19. The Bertz CT molecular complexity index is 906. The van der Waals surface area contributed by atoms with Crippen LogP contribution in [0.25, 0.3) is 0 Å². The Hall–Kier alpha value is -3.06. The Kier molecular flexibility index (Phi) is 6.39. The first-order chi connectivity index (χ1) is 13.9. The summed E-state index contributed by atoms with van der Waals surface area (Å²) in [5.41, 5.74) is 1.28. The van der Waals surface area contributed by atoms with Crippen molar-refractivity contribution in [1.82, 2.24) is 9.80 Å². The molecular weight excluding hydrogens is 373 g/mol. The number of hydrogen-bond donors (Lipinski definition) is 1. The average Bonchev–Trinajstić information content (AvgIpc) is 2.73. The molecule has 6 nitrogen and oxygen atoms in total. The van der Waals surface area contributed by atoms with E-state index in [0.717, 1.165) is 0 Å². The molecule has 1 aliphatic heterocycles. The number of amides is 2. The number of ketones is 1. The molecule has 1 unspecified atom stereocenters. The Morgan fingerprint density at radius 2 is 1.59 bits per heavy atom. The standard InChI is InChI=1S/C22H24FN3O3/c1-15(21(28)24-18-9-7-17(8-10-18)16(2)27)25-11-13-26(14-12-25)22(29)19-5-3-4-6-20(19)23/h3-10,15H,11-14H2,1-2H3,(H,24,28). The van der Waals surface area contributed by atoms with Crippen molar-refractivity contribution in [3.8, 4) is 0 Å². The monoisotopic (exact) mass is 397 g/mol. The predicted molar refractivity (Wildman–Crippen MR) is 108 cm³/mol. The van der Waals surface area contributed by atoms with Gasteiger partial charge in [0.05, 0.1) is 11.6 Å². The Balaban J connectivity index is 1.54. The van der Waals surface area contributed by atoms with Crippen molar-refractivity contribution >= 4 is 23.3 Å². The normalized spacial score (nSPS) is 15.6. The highest BCUT2D eigenvalue weighted by atomic mass is 19.1. The highest BCUT2D eigenvalue weighted by Gasteiger charge is 2.28. The van der Waals surface area contributed by atoms with Gasteiger partial charge in [-0.15, -0.1) is 0 Å². The maximum absolute atomic E-state index is 13.9. The number of rotatable bonds is 5. The van der Waals surface area contributed by atoms with Crippen LogP contribution < -0.4 is 5.32 Å². The molecule has 1 fully saturated rings. The van der Waals surface area contributed by atoms with Crippen molar-refractivity contribution in [3.63, 3.8) is 0 Å². The molecule has 0 saturated carbocycles. The zero-order valence-corrected chi connectivity index (χ0v) is 16.5. The van der Waals surface area contributed by atoms with Crippen LogP contribution in [-0.2, 0) is 4.79 Å². The van der Waals surface area contributed by atoms with Crippen molar-refractivity contribution in [1.29, 1.82) is 0 Å². The van der Waals surface area contributed by atoms with Gasteiger partial charge in [-0.05, 0) is 50.2 Å². The van der Waals surface area contributed by atoms with Gasteiger partial charge >= 0.3 is 0 Å². The minimum Gasteiger partial charge on any atom is -0.336 e. The fourth-order valence-electron chi connectivity index (χ4n) is 3.32. The number of piperazine rings is 1. The summed E-state index contributed by atoms with van der Waals surface area (Å²) < 4.78 is 13.9. The number of anilines is 1. The second-order valence-electron chi connectivity index (χ2n) is 7.11. The number of Topliss-reactive ketones (excluding diaryl/α,β-unsaturated/α-hetero) is 1. The molecule has 7 heteroatoms. The van der Waals surface area contributed by atoms with Gasteiger partial charge in [0.25, 0.3) is 5.91 Å². The SMILES string of the molecule is CC(=O)c1ccc(NC(=O)C(C)N2CCN(C(=O)c3ccccc3F)CC2)cc1. The summed E-state index contributed by atoms with van der Waals surface area (Å²) in [4.78, 5) is 40.0. The molecule has 29 heavy (non-hydrogen) atoms. The van der Waals surface area contributed by atoms with Crippen LogP contribution >= 0.6 is 0 Å². The van der Waals surface area contributed by atoms with Gasteiger partial charge < -0.3 is 10.2 Å². The number of nitrogens with zero attached hydrogens (tertiary/aromatic N) is 2. The number of benzene rings is 2. The summed E-state index contributed by atoms with van der Waals surface area (Å²) >= 11 is 0. The number of hydrogen-bond acceptors (Lipinski definition) is 4. The van der Waals surface area contributed by atoms with Crippen molar-refractivity contribution in [3.05, 3.63) is 65.5 Å². The van der Waals surface area contributed by atoms with Gasteiger partial charge in [0.1, 0.15) is 5.82 Å². The molecule has 2 aromatic rings. The molecule has 0 radical (unpaired) electrons. The maximum Gasteiger partial charge on any atom is 0.256 e. The molecule has 2 amide bonds. The van der Waals surface area contributed by atoms with E-state index >= 15 is 0 Å². The molecule has 1 N–H and O–H groups in total. The third kappa shape index (κ3) is 4.86. The lowest BCUT2D eigenvalue weighted by Gasteiger charge is -2.37. The average molecular weight is 397 g/mol. The molecule has 1 saturated heterocycles. The molecule has 1 heterocycles. The molecule has 0 aromatic heterocycles. The highest BCUT2D eigenvalue weighted by molar-refractivity contribution is 5.97. The Morgan fingerprint density at radius 3 is 2.17 bits per heavy atom. The van der Waals surface area contributed by atoms with E-state index in [9.17, 15) is 18.8 Å². The van der Waals surface area contributed by atoms with Crippen LogP contribution in [0.4, 0.5) is 10.1 Å². The third-order valence-electron chi connectivity index (χ3n) is 5.19. The molecule has 0 aliphatic carbocycles. The van der Waals surface area contributed by atoms with E-state index in [1.165, 1.54) is 19.1 Å². The second-order valence-corrected chi connectivity index (χ2v) is 7.11. The summed E-state index contributed by atoms with van der Waals surface area (Å²) in [5.74, 6) is -1.04. The Labute approximate surface area is 169 Å². The molecule has 152 valence electrons. The van der Waals surface area contributed by atoms with Gasteiger partial charge in [-0.1, -0.05) is 12.1 Å². The molecule has 1 atom stereocenters. The predicted octanol–water partition coefficient (Wildman–Crippen LogP) is 2.81. The lowest BCUT2D eigenvalue weighted by Crippen LogP contribution is -2.54. The Morgan fingerprint density at radius 1 is 0.966 bits per heavy atom. The summed E-state index contributed by atoms with van der Waals surface area (Å²) in [6, 6.07) is 12.3. The van der Waals surface area contributed by atoms with Crippen LogP contribution in [0.1, 0.15) is 34.6 Å². The van der Waals surface area contributed by atoms with Gasteiger partial charge in [-0.2, -0.15) is 0 Å². The van der Waals surface area contributed by atoms with E-state index in [-0.39, 0.29) is 29.2 Å². The first-order valence-corrected chi connectivity index (χ1v) is 9.56. The minimum absolute atomic E-state index is 0.0287. The molecule has 0 bridgehead atoms. The van der Waals surface area contributed by atoms with Gasteiger partial charge in [0.15, 0.2) is 5.78 Å². The van der Waals surface area contributed by atoms with Gasteiger partial charge in [-0.3, -0.25) is 19.3 Å². The van der Waals surface area contributed by atoms with E-state index in [0.29, 0.717) is 37.4 Å². The smallest absolute Gasteiger partial charge is 0.256 e. The lowest BCUT2D eigenvalue weighted by atomic mass is 10.1. The highest BCUT2D eigenvalue weighted by Crippen LogP contribution is 2.15. The molecule has 2 aromatic carbocycles. The van der Waals surface area contributed by atoms with E-state index < -0.39 is 5.82 Å². The summed E-state index contributed by atoms with van der Waals surface area (Å²) in [6.45, 7) is 5.21. The van der Waals surface area contributed by atoms with Crippen LogP contribution in [0, 0.1) is 5.82 Å². The molecule has 1 aliphatic rings. The van der Waals surface area contributed by atoms with E-state index in [2.05, 4.69) is 5.32 Å². The molecular formula is C22H24FN3O3. The lowest BCUT2D eigenvalue weighted by molar-refractivity contribution is -0.121. The zero-order chi connectivity index (χ0) is 21.0. The topological polar surface area (TPSA) is 69.7 Å². The number of carbonyl (C=O) groups excluding carboxylic acids is 3. The first-order valence-electron chi connectivity index (χ1n) is 9.56. The van der Waals surface area contributed by atoms with Crippen molar-refractivity contribution < 1.29 is 18.8 Å².